The van der Waals surface area contributed by atoms with Crippen molar-refractivity contribution in [3.05, 3.63) is 29.6 Å². The van der Waals surface area contributed by atoms with Gasteiger partial charge >= 0.3 is 0 Å². The molecule has 0 bridgehead atoms. The molecular formula is C35H50N6O6. The van der Waals surface area contributed by atoms with Crippen LogP contribution in [0.4, 0.5) is 0 Å². The first-order chi connectivity index (χ1) is 21.8. The summed E-state index contributed by atoms with van der Waals surface area (Å²) in [6, 6.07) is -1.46. The highest BCUT2D eigenvalue weighted by Gasteiger charge is 2.70. The number of nitrogens with zero attached hydrogens (tertiary/aromatic N) is 3. The number of ketones is 1. The van der Waals surface area contributed by atoms with Gasteiger partial charge in [-0.25, -0.2) is 0 Å². The Morgan fingerprint density at radius 1 is 1.00 bits per heavy atom. The Morgan fingerprint density at radius 3 is 2.19 bits per heavy atom. The monoisotopic (exact) mass is 650 g/mol. The zero-order chi connectivity index (χ0) is 34.8. The second-order valence-corrected chi connectivity index (χ2v) is 16.6. The normalized spacial score (nSPS) is 25.1. The summed E-state index contributed by atoms with van der Waals surface area (Å²) in [5, 5.41) is 8.80. The second kappa shape index (κ2) is 12.1. The van der Waals surface area contributed by atoms with Gasteiger partial charge in [-0.05, 0) is 46.5 Å². The van der Waals surface area contributed by atoms with Crippen molar-refractivity contribution in [3.63, 3.8) is 0 Å². The number of fused-ring (bicyclic) bond motifs is 2. The van der Waals surface area contributed by atoms with Crippen molar-refractivity contribution >= 4 is 35.3 Å². The third-order valence-corrected chi connectivity index (χ3v) is 10.8. The Morgan fingerprint density at radius 2 is 1.64 bits per heavy atom. The van der Waals surface area contributed by atoms with Crippen molar-refractivity contribution in [1.82, 2.24) is 30.7 Å². The second-order valence-electron chi connectivity index (χ2n) is 16.6. The summed E-state index contributed by atoms with van der Waals surface area (Å²) in [5.74, 6) is -2.61. The Labute approximate surface area is 277 Å². The highest BCUT2D eigenvalue weighted by molar-refractivity contribution is 6.38. The molecule has 12 nitrogen and oxygen atoms in total. The van der Waals surface area contributed by atoms with E-state index in [1.807, 2.05) is 41.5 Å². The number of pyridine rings is 1. The predicted molar refractivity (Wildman–Crippen MR) is 174 cm³/mol. The van der Waals surface area contributed by atoms with Gasteiger partial charge in [-0.3, -0.25) is 38.7 Å². The molecular weight excluding hydrogens is 600 g/mol. The Hall–Kier alpha value is -3.67. The smallest absolute Gasteiger partial charge is 0.289 e. The van der Waals surface area contributed by atoms with Gasteiger partial charge in [-0.15, -0.1) is 0 Å². The highest BCUT2D eigenvalue weighted by Crippen LogP contribution is 2.65. The third-order valence-electron chi connectivity index (χ3n) is 10.8. The number of nitrogens with one attached hydrogen (secondary N) is 3. The van der Waals surface area contributed by atoms with E-state index in [1.165, 1.54) is 24.3 Å². The first kappa shape index (κ1) is 34.7. The summed E-state index contributed by atoms with van der Waals surface area (Å²) in [6.07, 6.45) is 5.18. The first-order valence-electron chi connectivity index (χ1n) is 16.7. The lowest BCUT2D eigenvalue weighted by molar-refractivity contribution is -0.146. The van der Waals surface area contributed by atoms with Crippen molar-refractivity contribution < 1.29 is 28.8 Å². The fraction of sp³-hybridized carbons (Fsp3) is 0.686. The van der Waals surface area contributed by atoms with E-state index in [0.29, 0.717) is 18.5 Å². The van der Waals surface area contributed by atoms with E-state index in [4.69, 9.17) is 0 Å². The summed E-state index contributed by atoms with van der Waals surface area (Å²) in [7, 11) is 1.39. The van der Waals surface area contributed by atoms with Crippen LogP contribution >= 0.6 is 0 Å². The van der Waals surface area contributed by atoms with E-state index in [1.54, 1.807) is 11.0 Å². The largest absolute Gasteiger partial charge is 0.353 e. The fourth-order valence-electron chi connectivity index (χ4n) is 7.39. The average Bonchev–Trinajstić information content (AvgIpc) is 3.81. The van der Waals surface area contributed by atoms with Crippen LogP contribution in [0.5, 0.6) is 0 Å². The summed E-state index contributed by atoms with van der Waals surface area (Å²) in [4.78, 5) is 87.4. The number of carbonyl (C=O) groups is 6. The number of hydrogen-bond donors (Lipinski definition) is 3. The molecule has 4 aliphatic rings. The van der Waals surface area contributed by atoms with Crippen LogP contribution in [0.1, 0.15) is 95.4 Å². The summed E-state index contributed by atoms with van der Waals surface area (Å²) in [6.45, 7) is 16.4. The van der Waals surface area contributed by atoms with E-state index in [9.17, 15) is 28.8 Å². The molecule has 3 heterocycles. The number of likely N-dealkylation sites (tertiary alicyclic amines) is 1. The quantitative estimate of drug-likeness (QED) is 0.243. The zero-order valence-corrected chi connectivity index (χ0v) is 29.1. The predicted octanol–water partition coefficient (Wildman–Crippen LogP) is 2.18. The zero-order valence-electron chi connectivity index (χ0n) is 29.1. The number of aromatic nitrogens is 1. The van der Waals surface area contributed by atoms with Crippen LogP contribution in [0.15, 0.2) is 18.5 Å². The molecule has 47 heavy (non-hydrogen) atoms. The molecule has 0 spiro atoms. The number of piperidine rings is 1. The number of hydrogen-bond acceptors (Lipinski definition) is 8. The Bertz CT molecular complexity index is 1450. The summed E-state index contributed by atoms with van der Waals surface area (Å²) < 4.78 is 0. The van der Waals surface area contributed by atoms with Crippen LogP contribution in [0.3, 0.4) is 0 Å². The topological polar surface area (TPSA) is 158 Å². The minimum atomic E-state index is -0.954. The molecule has 5 amide bonds. The van der Waals surface area contributed by atoms with Crippen LogP contribution in [0, 0.1) is 34.0 Å². The van der Waals surface area contributed by atoms with E-state index in [2.05, 4.69) is 34.8 Å². The van der Waals surface area contributed by atoms with Gasteiger partial charge in [0.15, 0.2) is 0 Å². The average molecular weight is 651 g/mol. The van der Waals surface area contributed by atoms with Gasteiger partial charge < -0.3 is 20.9 Å². The third kappa shape index (κ3) is 6.58. The number of amides is 5. The van der Waals surface area contributed by atoms with Crippen molar-refractivity contribution in [2.24, 2.45) is 34.0 Å². The molecule has 1 aromatic heterocycles. The Kier molecular flexibility index (Phi) is 8.92. The molecule has 2 saturated carbocycles. The lowest BCUT2D eigenvalue weighted by atomic mass is 9.81. The molecule has 1 unspecified atom stereocenters. The van der Waals surface area contributed by atoms with Crippen LogP contribution in [0.25, 0.3) is 0 Å². The lowest BCUT2D eigenvalue weighted by Crippen LogP contribution is -2.63. The van der Waals surface area contributed by atoms with E-state index >= 15 is 0 Å². The van der Waals surface area contributed by atoms with Crippen molar-refractivity contribution in [2.75, 3.05) is 20.1 Å². The molecule has 1 aromatic rings. The van der Waals surface area contributed by atoms with E-state index in [-0.39, 0.29) is 41.2 Å². The molecule has 12 heteroatoms. The molecule has 6 atom stereocenters. The highest BCUT2D eigenvalue weighted by atomic mass is 16.2. The molecule has 2 aliphatic heterocycles. The summed E-state index contributed by atoms with van der Waals surface area (Å²) >= 11 is 0. The molecule has 0 aromatic carbocycles. The number of imide groups is 1. The maximum Gasteiger partial charge on any atom is 0.289 e. The molecule has 256 valence electrons. The van der Waals surface area contributed by atoms with Gasteiger partial charge in [0.2, 0.25) is 17.6 Å². The first-order valence-corrected chi connectivity index (χ1v) is 16.7. The van der Waals surface area contributed by atoms with Gasteiger partial charge in [0.25, 0.3) is 17.7 Å². The fourth-order valence-corrected chi connectivity index (χ4v) is 7.39. The Balaban J connectivity index is 1.39. The van der Waals surface area contributed by atoms with Gasteiger partial charge in [-0.1, -0.05) is 68.2 Å². The van der Waals surface area contributed by atoms with Crippen molar-refractivity contribution in [2.45, 2.75) is 98.8 Å². The van der Waals surface area contributed by atoms with Gasteiger partial charge in [0, 0.05) is 38.6 Å². The minimum absolute atomic E-state index is 0.0440. The number of carbonyl (C=O) groups excluding carboxylic acids is 6. The van der Waals surface area contributed by atoms with Gasteiger partial charge in [0.05, 0.1) is 23.2 Å². The standard InChI is InChI=1S/C35H50N6O6/c1-33(2,3)23(17-41-30(45)19-12-13-37-15-20(19)31(41)46)39-27(34(4,5)6)32(47)40-16-21-24(35(21,7)8)25(40)28(43)38-22(14-18-10-11-18)26(42)29(44)36-9/h12-13,15,18,21-25,27,39H,10-11,14,16-17H2,1-9H3,(H,36,44)(H,38,43)/t21-,22?,23+,24-,25-,27+/m0/s1. The van der Waals surface area contributed by atoms with Crippen LogP contribution < -0.4 is 16.0 Å². The van der Waals surface area contributed by atoms with Gasteiger partial charge in [0.1, 0.15) is 6.04 Å². The maximum absolute atomic E-state index is 14.6. The number of rotatable bonds is 11. The van der Waals surface area contributed by atoms with Crippen LogP contribution in [-0.4, -0.2) is 94.4 Å². The van der Waals surface area contributed by atoms with Crippen LogP contribution in [0.2, 0.25) is 0 Å². The van der Waals surface area contributed by atoms with E-state index in [0.717, 1.165) is 12.8 Å². The minimum Gasteiger partial charge on any atom is -0.353 e. The molecule has 5 rings (SSSR count). The van der Waals surface area contributed by atoms with Crippen molar-refractivity contribution in [1.29, 1.82) is 0 Å². The number of likely N-dealkylation sites (N-methyl/N-ethyl adjacent to an activating group) is 1. The summed E-state index contributed by atoms with van der Waals surface area (Å²) in [5.41, 5.74) is -0.673. The molecule has 3 fully saturated rings. The number of Topliss-reactive ketones (excluding diaryl/α,β-unsaturated/α-hetero) is 1. The van der Waals surface area contributed by atoms with Crippen LogP contribution in [-0.2, 0) is 19.2 Å². The SMILES string of the molecule is CNC(=O)C(=O)C(CC1CC1)NC(=O)[C@@H]1[C@@H]2[C@H](CN1C(=O)[C@@H](N[C@H](CN1C(=O)c3ccncc3C1=O)C(C)(C)C)C(C)(C)C)C2(C)C. The molecule has 1 saturated heterocycles. The lowest BCUT2D eigenvalue weighted by Gasteiger charge is -2.43. The van der Waals surface area contributed by atoms with E-state index < -0.39 is 64.4 Å². The molecule has 2 aliphatic carbocycles. The molecule has 3 N–H and O–H groups in total. The maximum atomic E-state index is 14.6. The van der Waals surface area contributed by atoms with Gasteiger partial charge in [-0.2, -0.15) is 0 Å². The van der Waals surface area contributed by atoms with Crippen molar-refractivity contribution in [3.8, 4) is 0 Å². The molecule has 0 radical (unpaired) electrons.